The van der Waals surface area contributed by atoms with Crippen molar-refractivity contribution < 1.29 is 9.53 Å². The molecule has 1 unspecified atom stereocenters. The van der Waals surface area contributed by atoms with Crippen molar-refractivity contribution in [1.82, 2.24) is 0 Å². The Hall–Kier alpha value is -1.26. The average Bonchev–Trinajstić information content (AvgIpc) is 2.82. The molecule has 0 spiro atoms. The second-order valence-electron chi connectivity index (χ2n) is 4.40. The molecule has 1 heterocycles. The van der Waals surface area contributed by atoms with E-state index in [1.54, 1.807) is 6.07 Å². The van der Waals surface area contributed by atoms with E-state index in [0.29, 0.717) is 23.7 Å². The number of carbonyl (C=O) groups is 1. The summed E-state index contributed by atoms with van der Waals surface area (Å²) in [5, 5.41) is 2.83. The molecule has 1 fully saturated rings. The number of anilines is 2. The highest BCUT2D eigenvalue weighted by atomic mass is 35.5. The third-order valence-corrected chi connectivity index (χ3v) is 3.04. The lowest BCUT2D eigenvalue weighted by Gasteiger charge is -2.09. The monoisotopic (exact) mass is 270 g/mol. The molecule has 4 nitrogen and oxygen atoms in total. The van der Waals surface area contributed by atoms with E-state index in [9.17, 15) is 4.79 Å². The van der Waals surface area contributed by atoms with Crippen LogP contribution >= 0.6 is 12.4 Å². The van der Waals surface area contributed by atoms with Gasteiger partial charge in [0.1, 0.15) is 0 Å². The topological polar surface area (TPSA) is 64.3 Å². The molecular formula is C13H19ClN2O2. The van der Waals surface area contributed by atoms with Crippen LogP contribution in [0.25, 0.3) is 0 Å². The zero-order chi connectivity index (χ0) is 12.1. The number of carbonyl (C=O) groups excluding carboxylic acids is 1. The van der Waals surface area contributed by atoms with E-state index in [-0.39, 0.29) is 18.3 Å². The summed E-state index contributed by atoms with van der Waals surface area (Å²) in [7, 11) is 0. The average molecular weight is 271 g/mol. The van der Waals surface area contributed by atoms with Crippen molar-refractivity contribution in [3.63, 3.8) is 0 Å². The molecule has 3 N–H and O–H groups in total. The zero-order valence-electron chi connectivity index (χ0n) is 10.2. The van der Waals surface area contributed by atoms with Gasteiger partial charge in [-0.05, 0) is 30.9 Å². The molecule has 1 amide bonds. The number of nitrogens with one attached hydrogen (secondary N) is 1. The maximum atomic E-state index is 11.7. The van der Waals surface area contributed by atoms with Crippen LogP contribution in [0.2, 0.25) is 0 Å². The van der Waals surface area contributed by atoms with Crippen LogP contribution in [0.15, 0.2) is 24.3 Å². The first-order valence-electron chi connectivity index (χ1n) is 5.98. The molecule has 0 saturated carbocycles. The fourth-order valence-electron chi connectivity index (χ4n) is 1.97. The van der Waals surface area contributed by atoms with Crippen molar-refractivity contribution in [3.8, 4) is 0 Å². The number of para-hydroxylation sites is 2. The summed E-state index contributed by atoms with van der Waals surface area (Å²) in [6.07, 6.45) is 2.49. The molecule has 1 aromatic carbocycles. The SMILES string of the molecule is Cl.Nc1ccccc1NC(=O)CCC1CCOC1. The quantitative estimate of drug-likeness (QED) is 0.826. The van der Waals surface area contributed by atoms with Crippen LogP contribution in [0.1, 0.15) is 19.3 Å². The van der Waals surface area contributed by atoms with Crippen LogP contribution in [0, 0.1) is 5.92 Å². The van der Waals surface area contributed by atoms with Crippen molar-refractivity contribution in [2.45, 2.75) is 19.3 Å². The second kappa shape index (κ2) is 7.24. The molecule has 18 heavy (non-hydrogen) atoms. The lowest BCUT2D eigenvalue weighted by molar-refractivity contribution is -0.116. The summed E-state index contributed by atoms with van der Waals surface area (Å²) < 4.78 is 5.28. The van der Waals surface area contributed by atoms with Crippen LogP contribution in [0.3, 0.4) is 0 Å². The molecular weight excluding hydrogens is 252 g/mol. The first-order chi connectivity index (χ1) is 8.25. The van der Waals surface area contributed by atoms with Gasteiger partial charge in [-0.25, -0.2) is 0 Å². The van der Waals surface area contributed by atoms with Gasteiger partial charge < -0.3 is 15.8 Å². The van der Waals surface area contributed by atoms with E-state index in [4.69, 9.17) is 10.5 Å². The van der Waals surface area contributed by atoms with E-state index in [0.717, 1.165) is 26.1 Å². The van der Waals surface area contributed by atoms with Crippen LogP contribution in [-0.2, 0) is 9.53 Å². The van der Waals surface area contributed by atoms with Crippen LogP contribution in [0.4, 0.5) is 11.4 Å². The first kappa shape index (κ1) is 14.8. The summed E-state index contributed by atoms with van der Waals surface area (Å²) in [6.45, 7) is 1.62. The molecule has 0 aromatic heterocycles. The van der Waals surface area contributed by atoms with Gasteiger partial charge in [0.2, 0.25) is 5.91 Å². The Labute approximate surface area is 113 Å². The van der Waals surface area contributed by atoms with Gasteiger partial charge in [-0.1, -0.05) is 12.1 Å². The van der Waals surface area contributed by atoms with E-state index < -0.39 is 0 Å². The van der Waals surface area contributed by atoms with Crippen molar-refractivity contribution in [1.29, 1.82) is 0 Å². The van der Waals surface area contributed by atoms with Crippen LogP contribution in [0.5, 0.6) is 0 Å². The van der Waals surface area contributed by atoms with Crippen LogP contribution < -0.4 is 11.1 Å². The highest BCUT2D eigenvalue weighted by Gasteiger charge is 2.16. The lowest BCUT2D eigenvalue weighted by Crippen LogP contribution is -2.14. The van der Waals surface area contributed by atoms with E-state index in [1.165, 1.54) is 0 Å². The van der Waals surface area contributed by atoms with E-state index >= 15 is 0 Å². The van der Waals surface area contributed by atoms with Gasteiger partial charge in [-0.3, -0.25) is 4.79 Å². The highest BCUT2D eigenvalue weighted by molar-refractivity contribution is 5.93. The standard InChI is InChI=1S/C13H18N2O2.ClH/c14-11-3-1-2-4-12(11)15-13(16)6-5-10-7-8-17-9-10;/h1-4,10H,5-9,14H2,(H,15,16);1H. The molecule has 2 rings (SSSR count). The minimum Gasteiger partial charge on any atom is -0.397 e. The zero-order valence-corrected chi connectivity index (χ0v) is 11.0. The van der Waals surface area contributed by atoms with Crippen LogP contribution in [-0.4, -0.2) is 19.1 Å². The fourth-order valence-corrected chi connectivity index (χ4v) is 1.97. The second-order valence-corrected chi connectivity index (χ2v) is 4.40. The Bertz CT molecular complexity index is 392. The van der Waals surface area contributed by atoms with Gasteiger partial charge in [0.25, 0.3) is 0 Å². The largest absolute Gasteiger partial charge is 0.397 e. The van der Waals surface area contributed by atoms with Gasteiger partial charge >= 0.3 is 0 Å². The van der Waals surface area contributed by atoms with Gasteiger partial charge in [-0.15, -0.1) is 12.4 Å². The highest BCUT2D eigenvalue weighted by Crippen LogP contribution is 2.20. The molecule has 5 heteroatoms. The first-order valence-corrected chi connectivity index (χ1v) is 5.98. The minimum absolute atomic E-state index is 0. The molecule has 100 valence electrons. The van der Waals surface area contributed by atoms with Gasteiger partial charge in [0, 0.05) is 19.6 Å². The predicted molar refractivity (Wildman–Crippen MR) is 74.9 cm³/mol. The molecule has 1 aliphatic heterocycles. The maximum absolute atomic E-state index is 11.7. The molecule has 1 atom stereocenters. The summed E-state index contributed by atoms with van der Waals surface area (Å²) in [6, 6.07) is 7.30. The number of hydrogen-bond acceptors (Lipinski definition) is 3. The third-order valence-electron chi connectivity index (χ3n) is 3.04. The van der Waals surface area contributed by atoms with Crippen molar-refractivity contribution in [2.75, 3.05) is 24.3 Å². The van der Waals surface area contributed by atoms with Gasteiger partial charge in [-0.2, -0.15) is 0 Å². The summed E-state index contributed by atoms with van der Waals surface area (Å²) >= 11 is 0. The Morgan fingerprint density at radius 1 is 1.44 bits per heavy atom. The number of amides is 1. The number of ether oxygens (including phenoxy) is 1. The van der Waals surface area contributed by atoms with E-state index in [2.05, 4.69) is 5.32 Å². The molecule has 1 saturated heterocycles. The number of halogens is 1. The fraction of sp³-hybridized carbons (Fsp3) is 0.462. The maximum Gasteiger partial charge on any atom is 0.224 e. The Morgan fingerprint density at radius 3 is 2.89 bits per heavy atom. The van der Waals surface area contributed by atoms with Crippen molar-refractivity contribution >= 4 is 29.7 Å². The number of benzene rings is 1. The molecule has 1 aliphatic rings. The Balaban J connectivity index is 0.00000162. The molecule has 0 aliphatic carbocycles. The van der Waals surface area contributed by atoms with E-state index in [1.807, 2.05) is 18.2 Å². The van der Waals surface area contributed by atoms with Gasteiger partial charge in [0.05, 0.1) is 11.4 Å². The van der Waals surface area contributed by atoms with Crippen molar-refractivity contribution in [3.05, 3.63) is 24.3 Å². The normalized spacial score (nSPS) is 18.1. The Morgan fingerprint density at radius 2 is 2.22 bits per heavy atom. The number of rotatable bonds is 4. The number of nitrogen functional groups attached to an aromatic ring is 1. The molecule has 0 bridgehead atoms. The lowest BCUT2D eigenvalue weighted by atomic mass is 10.0. The summed E-state index contributed by atoms with van der Waals surface area (Å²) in [5.41, 5.74) is 7.05. The third kappa shape index (κ3) is 4.20. The number of nitrogens with two attached hydrogens (primary N) is 1. The summed E-state index contributed by atoms with van der Waals surface area (Å²) in [4.78, 5) is 11.7. The number of hydrogen-bond donors (Lipinski definition) is 2. The van der Waals surface area contributed by atoms with Gasteiger partial charge in [0.15, 0.2) is 0 Å². The smallest absolute Gasteiger partial charge is 0.224 e. The minimum atomic E-state index is 0. The van der Waals surface area contributed by atoms with Crippen molar-refractivity contribution in [2.24, 2.45) is 5.92 Å². The molecule has 1 aromatic rings. The predicted octanol–water partition coefficient (Wildman–Crippen LogP) is 2.45. The molecule has 0 radical (unpaired) electrons. The summed E-state index contributed by atoms with van der Waals surface area (Å²) in [5.74, 6) is 0.559. The Kier molecular flexibility index (Phi) is 5.95.